The van der Waals surface area contributed by atoms with Crippen molar-refractivity contribution in [2.24, 2.45) is 0 Å². The first-order chi connectivity index (χ1) is 10.1. The molecule has 114 valence electrons. The molecule has 2 amide bonds. The summed E-state index contributed by atoms with van der Waals surface area (Å²) in [5, 5.41) is 4.43. The predicted molar refractivity (Wildman–Crippen MR) is 77.4 cm³/mol. The highest BCUT2D eigenvalue weighted by atomic mass is 16.2. The van der Waals surface area contributed by atoms with Crippen LogP contribution in [0.3, 0.4) is 0 Å². The van der Waals surface area contributed by atoms with E-state index in [1.807, 2.05) is 26.7 Å². The third-order valence-corrected chi connectivity index (χ3v) is 4.31. The zero-order valence-corrected chi connectivity index (χ0v) is 12.7. The summed E-state index contributed by atoms with van der Waals surface area (Å²) in [5.74, 6) is 0.263. The molecule has 21 heavy (non-hydrogen) atoms. The number of aromatic nitrogens is 2. The zero-order valence-electron chi connectivity index (χ0n) is 12.7. The Morgan fingerprint density at radius 1 is 1.43 bits per heavy atom. The lowest BCUT2D eigenvalue weighted by molar-refractivity contribution is -0.150. The second-order valence-corrected chi connectivity index (χ2v) is 6.10. The van der Waals surface area contributed by atoms with Crippen LogP contribution in [0.15, 0.2) is 12.3 Å². The molecule has 0 aliphatic carbocycles. The van der Waals surface area contributed by atoms with Crippen molar-refractivity contribution in [2.45, 2.75) is 51.7 Å². The van der Waals surface area contributed by atoms with Crippen LogP contribution in [0.25, 0.3) is 0 Å². The summed E-state index contributed by atoms with van der Waals surface area (Å²) in [6.07, 6.45) is 4.54. The van der Waals surface area contributed by atoms with Crippen LogP contribution in [0.1, 0.15) is 44.8 Å². The van der Waals surface area contributed by atoms with Crippen molar-refractivity contribution in [1.29, 1.82) is 0 Å². The Morgan fingerprint density at radius 2 is 2.24 bits per heavy atom. The Hall–Kier alpha value is -1.85. The first-order valence-electron chi connectivity index (χ1n) is 7.69. The van der Waals surface area contributed by atoms with Gasteiger partial charge in [0.2, 0.25) is 11.8 Å². The van der Waals surface area contributed by atoms with Gasteiger partial charge < -0.3 is 9.80 Å². The Kier molecular flexibility index (Phi) is 3.69. The molecular formula is C15H22N4O2. The van der Waals surface area contributed by atoms with Crippen LogP contribution in [0.4, 0.5) is 0 Å². The third-order valence-electron chi connectivity index (χ3n) is 4.31. The molecule has 2 fully saturated rings. The van der Waals surface area contributed by atoms with E-state index in [1.54, 1.807) is 0 Å². The first kappa shape index (κ1) is 14.1. The van der Waals surface area contributed by atoms with E-state index in [4.69, 9.17) is 0 Å². The van der Waals surface area contributed by atoms with Crippen molar-refractivity contribution < 1.29 is 9.59 Å². The molecule has 6 heteroatoms. The monoisotopic (exact) mass is 290 g/mol. The van der Waals surface area contributed by atoms with E-state index in [0.717, 1.165) is 25.1 Å². The lowest BCUT2D eigenvalue weighted by Gasteiger charge is -2.39. The molecule has 2 aliphatic heterocycles. The van der Waals surface area contributed by atoms with Crippen LogP contribution < -0.4 is 0 Å². The fourth-order valence-corrected chi connectivity index (χ4v) is 3.18. The van der Waals surface area contributed by atoms with Crippen LogP contribution in [0.2, 0.25) is 0 Å². The molecule has 0 spiro atoms. The minimum Gasteiger partial charge on any atom is -0.322 e. The highest BCUT2D eigenvalue weighted by Gasteiger charge is 2.39. The molecule has 3 heterocycles. The number of fused-ring (bicyclic) bond motifs is 1. The summed E-state index contributed by atoms with van der Waals surface area (Å²) in [5.41, 5.74) is 0.801. The molecule has 0 saturated carbocycles. The van der Waals surface area contributed by atoms with E-state index < -0.39 is 0 Å². The predicted octanol–water partition coefficient (Wildman–Crippen LogP) is 1.19. The maximum atomic E-state index is 12.5. The standard InChI is InChI=1S/C15H22N4O2/c1-11(2)19-9-5-12(16-19)10-15(21)18-8-6-14(20)17-7-3-4-13(17)18/h5,9,11,13H,3-4,6-8,10H2,1-2H3. The summed E-state index contributed by atoms with van der Waals surface area (Å²) >= 11 is 0. The van der Waals surface area contributed by atoms with E-state index in [0.29, 0.717) is 25.4 Å². The van der Waals surface area contributed by atoms with Crippen molar-refractivity contribution >= 4 is 11.8 Å². The average Bonchev–Trinajstić information content (AvgIpc) is 3.07. The van der Waals surface area contributed by atoms with Gasteiger partial charge in [-0.25, -0.2) is 0 Å². The minimum absolute atomic E-state index is 0.0223. The van der Waals surface area contributed by atoms with E-state index >= 15 is 0 Å². The van der Waals surface area contributed by atoms with E-state index in [2.05, 4.69) is 18.9 Å². The van der Waals surface area contributed by atoms with Crippen LogP contribution in [0.5, 0.6) is 0 Å². The van der Waals surface area contributed by atoms with Crippen LogP contribution in [0, 0.1) is 0 Å². The molecule has 3 rings (SSSR count). The quantitative estimate of drug-likeness (QED) is 0.840. The fraction of sp³-hybridized carbons (Fsp3) is 0.667. The molecule has 2 aliphatic rings. The Bertz CT molecular complexity index is 552. The van der Waals surface area contributed by atoms with E-state index in [1.165, 1.54) is 0 Å². The SMILES string of the molecule is CC(C)n1ccc(CC(=O)N2CCC(=O)N3CCCC32)n1. The number of carbonyl (C=O) groups excluding carboxylic acids is 2. The molecule has 0 radical (unpaired) electrons. The van der Waals surface area contributed by atoms with Gasteiger partial charge in [-0.2, -0.15) is 5.10 Å². The highest BCUT2D eigenvalue weighted by molar-refractivity contribution is 5.83. The Balaban J connectivity index is 1.68. The molecule has 0 bridgehead atoms. The summed E-state index contributed by atoms with van der Waals surface area (Å²) in [6, 6.07) is 2.20. The molecule has 1 aromatic heterocycles. The van der Waals surface area contributed by atoms with Gasteiger partial charge in [-0.15, -0.1) is 0 Å². The number of amides is 2. The Morgan fingerprint density at radius 3 is 2.95 bits per heavy atom. The molecule has 0 aromatic carbocycles. The summed E-state index contributed by atoms with van der Waals surface area (Å²) in [4.78, 5) is 28.1. The lowest BCUT2D eigenvalue weighted by atomic mass is 10.1. The van der Waals surface area contributed by atoms with Crippen molar-refractivity contribution in [3.8, 4) is 0 Å². The number of rotatable bonds is 3. The van der Waals surface area contributed by atoms with E-state index in [-0.39, 0.29) is 18.0 Å². The largest absolute Gasteiger partial charge is 0.322 e. The van der Waals surface area contributed by atoms with Crippen molar-refractivity contribution in [1.82, 2.24) is 19.6 Å². The molecule has 1 aromatic rings. The fourth-order valence-electron chi connectivity index (χ4n) is 3.18. The number of nitrogens with zero attached hydrogens (tertiary/aromatic N) is 4. The normalized spacial score (nSPS) is 22.0. The van der Waals surface area contributed by atoms with Crippen molar-refractivity contribution in [2.75, 3.05) is 13.1 Å². The number of hydrogen-bond acceptors (Lipinski definition) is 3. The molecule has 0 N–H and O–H groups in total. The summed E-state index contributed by atoms with van der Waals surface area (Å²) in [7, 11) is 0. The summed E-state index contributed by atoms with van der Waals surface area (Å²) < 4.78 is 1.87. The van der Waals surface area contributed by atoms with Gasteiger partial charge in [0.1, 0.15) is 6.17 Å². The van der Waals surface area contributed by atoms with Gasteiger partial charge in [-0.3, -0.25) is 14.3 Å². The van der Waals surface area contributed by atoms with E-state index in [9.17, 15) is 9.59 Å². The van der Waals surface area contributed by atoms with Crippen LogP contribution in [-0.2, 0) is 16.0 Å². The number of carbonyl (C=O) groups is 2. The number of hydrogen-bond donors (Lipinski definition) is 0. The van der Waals surface area contributed by atoms with Gasteiger partial charge in [0.05, 0.1) is 12.1 Å². The van der Waals surface area contributed by atoms with Crippen LogP contribution >= 0.6 is 0 Å². The van der Waals surface area contributed by atoms with Gasteiger partial charge in [0.25, 0.3) is 0 Å². The van der Waals surface area contributed by atoms with Crippen LogP contribution in [-0.4, -0.2) is 50.6 Å². The average molecular weight is 290 g/mol. The topological polar surface area (TPSA) is 58.4 Å². The minimum atomic E-state index is -0.0223. The van der Waals surface area contributed by atoms with Gasteiger partial charge in [-0.05, 0) is 32.8 Å². The maximum absolute atomic E-state index is 12.5. The second-order valence-electron chi connectivity index (χ2n) is 6.10. The van der Waals surface area contributed by atoms with Gasteiger partial charge in [-0.1, -0.05) is 0 Å². The molecule has 1 atom stereocenters. The zero-order chi connectivity index (χ0) is 15.0. The highest BCUT2D eigenvalue weighted by Crippen LogP contribution is 2.26. The molecule has 1 unspecified atom stereocenters. The Labute approximate surface area is 124 Å². The third kappa shape index (κ3) is 2.66. The lowest BCUT2D eigenvalue weighted by Crippen LogP contribution is -2.55. The maximum Gasteiger partial charge on any atom is 0.230 e. The van der Waals surface area contributed by atoms with Crippen molar-refractivity contribution in [3.05, 3.63) is 18.0 Å². The van der Waals surface area contributed by atoms with Gasteiger partial charge in [0, 0.05) is 31.7 Å². The molecule has 6 nitrogen and oxygen atoms in total. The molecular weight excluding hydrogens is 268 g/mol. The first-order valence-corrected chi connectivity index (χ1v) is 7.69. The van der Waals surface area contributed by atoms with Gasteiger partial charge >= 0.3 is 0 Å². The van der Waals surface area contributed by atoms with Crippen molar-refractivity contribution in [3.63, 3.8) is 0 Å². The van der Waals surface area contributed by atoms with Gasteiger partial charge in [0.15, 0.2) is 0 Å². The summed E-state index contributed by atoms with van der Waals surface area (Å²) in [6.45, 7) is 5.45. The second kappa shape index (κ2) is 5.50. The molecule has 2 saturated heterocycles. The smallest absolute Gasteiger partial charge is 0.230 e.